The molecule has 0 aliphatic carbocycles. The van der Waals surface area contributed by atoms with Gasteiger partial charge >= 0.3 is 0 Å². The molecule has 3 rings (SSSR count). The van der Waals surface area contributed by atoms with E-state index in [9.17, 15) is 9.18 Å². The maximum absolute atomic E-state index is 14.3. The molecule has 0 fully saturated rings. The smallest absolute Gasteiger partial charge is 0.224 e. The minimum atomic E-state index is -0.494. The molecule has 2 aromatic rings. The van der Waals surface area contributed by atoms with Crippen LogP contribution in [0.2, 0.25) is 0 Å². The van der Waals surface area contributed by atoms with Crippen LogP contribution < -0.4 is 10.1 Å². The molecule has 0 aromatic heterocycles. The lowest BCUT2D eigenvalue weighted by molar-refractivity contribution is -0.116. The molecule has 0 saturated carbocycles. The Labute approximate surface area is 116 Å². The molecule has 1 aliphatic rings. The number of anilines is 1. The number of fused-ring (bicyclic) bond motifs is 1. The summed E-state index contributed by atoms with van der Waals surface area (Å²) in [6.45, 7) is 0.296. The Morgan fingerprint density at radius 3 is 2.70 bits per heavy atom. The van der Waals surface area contributed by atoms with Crippen LogP contribution in [-0.2, 0) is 17.8 Å². The fourth-order valence-electron chi connectivity index (χ4n) is 2.24. The molecular weight excluding hydrogens is 257 g/mol. The number of carbonyl (C=O) groups is 1. The van der Waals surface area contributed by atoms with E-state index in [0.717, 1.165) is 11.1 Å². The van der Waals surface area contributed by atoms with Gasteiger partial charge in [-0.15, -0.1) is 0 Å². The van der Waals surface area contributed by atoms with Crippen LogP contribution >= 0.6 is 0 Å². The Balaban J connectivity index is 1.81. The van der Waals surface area contributed by atoms with Crippen LogP contribution in [0.1, 0.15) is 17.5 Å². The highest BCUT2D eigenvalue weighted by Crippen LogP contribution is 2.32. The predicted octanol–water partition coefficient (Wildman–Crippen LogP) is 3.29. The first kappa shape index (κ1) is 12.7. The van der Waals surface area contributed by atoms with Gasteiger partial charge in [0.2, 0.25) is 5.91 Å². The summed E-state index contributed by atoms with van der Waals surface area (Å²) < 4.78 is 19.8. The van der Waals surface area contributed by atoms with Gasteiger partial charge in [0.1, 0.15) is 6.61 Å². The molecule has 0 spiro atoms. The second kappa shape index (κ2) is 5.33. The van der Waals surface area contributed by atoms with E-state index in [1.807, 2.05) is 30.3 Å². The minimum absolute atomic E-state index is 0.156. The van der Waals surface area contributed by atoms with Crippen molar-refractivity contribution in [1.82, 2.24) is 0 Å². The highest BCUT2D eigenvalue weighted by molar-refractivity contribution is 5.94. The highest BCUT2D eigenvalue weighted by atomic mass is 19.1. The van der Waals surface area contributed by atoms with E-state index in [4.69, 9.17) is 4.74 Å². The number of nitrogens with one attached hydrogen (secondary N) is 1. The first-order chi connectivity index (χ1) is 9.74. The van der Waals surface area contributed by atoms with Crippen LogP contribution in [0, 0.1) is 5.82 Å². The maximum Gasteiger partial charge on any atom is 0.224 e. The molecule has 102 valence electrons. The zero-order chi connectivity index (χ0) is 13.9. The highest BCUT2D eigenvalue weighted by Gasteiger charge is 2.21. The van der Waals surface area contributed by atoms with Gasteiger partial charge in [-0.25, -0.2) is 4.39 Å². The minimum Gasteiger partial charge on any atom is -0.486 e. The molecule has 3 nitrogen and oxygen atoms in total. The van der Waals surface area contributed by atoms with Crippen molar-refractivity contribution >= 4 is 11.6 Å². The lowest BCUT2D eigenvalue weighted by atomic mass is 10.0. The van der Waals surface area contributed by atoms with Gasteiger partial charge in [0.05, 0.1) is 5.69 Å². The monoisotopic (exact) mass is 271 g/mol. The Morgan fingerprint density at radius 2 is 1.90 bits per heavy atom. The van der Waals surface area contributed by atoms with Crippen molar-refractivity contribution in [3.8, 4) is 5.75 Å². The van der Waals surface area contributed by atoms with Gasteiger partial charge < -0.3 is 10.1 Å². The van der Waals surface area contributed by atoms with Crippen molar-refractivity contribution in [2.75, 3.05) is 5.32 Å². The third kappa shape index (κ3) is 2.50. The van der Waals surface area contributed by atoms with Crippen LogP contribution in [-0.4, -0.2) is 5.91 Å². The molecule has 1 N–H and O–H groups in total. The van der Waals surface area contributed by atoms with E-state index in [1.54, 1.807) is 12.1 Å². The summed E-state index contributed by atoms with van der Waals surface area (Å²) in [4.78, 5) is 11.4. The van der Waals surface area contributed by atoms with Crippen molar-refractivity contribution in [2.45, 2.75) is 19.4 Å². The number of hydrogen-bond donors (Lipinski definition) is 1. The molecule has 4 heteroatoms. The van der Waals surface area contributed by atoms with Gasteiger partial charge in [0, 0.05) is 6.42 Å². The average molecular weight is 271 g/mol. The fourth-order valence-corrected chi connectivity index (χ4v) is 2.24. The summed E-state index contributed by atoms with van der Waals surface area (Å²) in [7, 11) is 0. The molecule has 0 radical (unpaired) electrons. The molecule has 0 saturated heterocycles. The Hall–Kier alpha value is -2.36. The predicted molar refractivity (Wildman–Crippen MR) is 74.1 cm³/mol. The number of ether oxygens (including phenoxy) is 1. The number of aryl methyl sites for hydroxylation is 1. The number of hydrogen-bond acceptors (Lipinski definition) is 2. The molecule has 0 bridgehead atoms. The average Bonchev–Trinajstić information content (AvgIpc) is 2.48. The number of rotatable bonds is 3. The summed E-state index contributed by atoms with van der Waals surface area (Å²) in [6.07, 6.45) is 0.966. The van der Waals surface area contributed by atoms with Crippen LogP contribution in [0.3, 0.4) is 0 Å². The largest absolute Gasteiger partial charge is 0.486 e. The number of amides is 1. The second-order valence-corrected chi connectivity index (χ2v) is 4.73. The Morgan fingerprint density at radius 1 is 1.10 bits per heavy atom. The van der Waals surface area contributed by atoms with Gasteiger partial charge in [0.15, 0.2) is 11.6 Å². The Kier molecular flexibility index (Phi) is 3.37. The fraction of sp³-hybridized carbons (Fsp3) is 0.188. The standard InChI is InChI=1S/C16H14FNO2/c17-15-13(20-10-11-4-2-1-3-5-11)8-6-12-7-9-14(19)18-16(12)15/h1-6,8H,7,9-10H2,(H,18,19). The number of carbonyl (C=O) groups excluding carboxylic acids is 1. The van der Waals surface area contributed by atoms with Gasteiger partial charge in [0.25, 0.3) is 0 Å². The first-order valence-electron chi connectivity index (χ1n) is 6.52. The number of halogens is 1. The van der Waals surface area contributed by atoms with Gasteiger partial charge in [-0.1, -0.05) is 36.4 Å². The lowest BCUT2D eigenvalue weighted by Crippen LogP contribution is -2.20. The molecule has 0 atom stereocenters. The Bertz CT molecular complexity index is 640. The zero-order valence-corrected chi connectivity index (χ0v) is 10.9. The van der Waals surface area contributed by atoms with Crippen LogP contribution in [0.4, 0.5) is 10.1 Å². The van der Waals surface area contributed by atoms with E-state index in [-0.39, 0.29) is 17.3 Å². The van der Waals surface area contributed by atoms with Crippen molar-refractivity contribution in [2.24, 2.45) is 0 Å². The molecule has 1 amide bonds. The van der Waals surface area contributed by atoms with Crippen LogP contribution in [0.5, 0.6) is 5.75 Å². The molecule has 20 heavy (non-hydrogen) atoms. The normalized spacial score (nSPS) is 13.6. The summed E-state index contributed by atoms with van der Waals surface area (Å²) in [6, 6.07) is 13.0. The summed E-state index contributed by atoms with van der Waals surface area (Å²) >= 11 is 0. The summed E-state index contributed by atoms with van der Waals surface area (Å²) in [5, 5.41) is 2.57. The van der Waals surface area contributed by atoms with Crippen molar-refractivity contribution in [3.05, 3.63) is 59.4 Å². The van der Waals surface area contributed by atoms with E-state index in [2.05, 4.69) is 5.32 Å². The van der Waals surface area contributed by atoms with Crippen molar-refractivity contribution < 1.29 is 13.9 Å². The third-order valence-electron chi connectivity index (χ3n) is 3.32. The lowest BCUT2D eigenvalue weighted by Gasteiger charge is -2.19. The number of benzene rings is 2. The van der Waals surface area contributed by atoms with Gasteiger partial charge in [-0.3, -0.25) is 4.79 Å². The van der Waals surface area contributed by atoms with Crippen molar-refractivity contribution in [3.63, 3.8) is 0 Å². The SMILES string of the molecule is O=C1CCc2ccc(OCc3ccccc3)c(F)c2N1. The molecule has 1 heterocycles. The third-order valence-corrected chi connectivity index (χ3v) is 3.32. The molecule has 0 unspecified atom stereocenters. The summed E-state index contributed by atoms with van der Waals surface area (Å²) in [5.41, 5.74) is 2.04. The quantitative estimate of drug-likeness (QED) is 0.930. The van der Waals surface area contributed by atoms with E-state index < -0.39 is 5.82 Å². The van der Waals surface area contributed by atoms with E-state index >= 15 is 0 Å². The maximum atomic E-state index is 14.3. The second-order valence-electron chi connectivity index (χ2n) is 4.73. The first-order valence-corrected chi connectivity index (χ1v) is 6.52. The molecule has 1 aliphatic heterocycles. The summed E-state index contributed by atoms with van der Waals surface area (Å²) in [5.74, 6) is -0.488. The van der Waals surface area contributed by atoms with Gasteiger partial charge in [-0.2, -0.15) is 0 Å². The van der Waals surface area contributed by atoms with E-state index in [0.29, 0.717) is 19.4 Å². The molecule has 2 aromatic carbocycles. The molecular formula is C16H14FNO2. The zero-order valence-electron chi connectivity index (χ0n) is 10.9. The topological polar surface area (TPSA) is 38.3 Å². The van der Waals surface area contributed by atoms with E-state index in [1.165, 1.54) is 0 Å². The van der Waals surface area contributed by atoms with Crippen LogP contribution in [0.25, 0.3) is 0 Å². The van der Waals surface area contributed by atoms with Gasteiger partial charge in [-0.05, 0) is 23.6 Å². The van der Waals surface area contributed by atoms with Crippen LogP contribution in [0.15, 0.2) is 42.5 Å². The van der Waals surface area contributed by atoms with Crippen molar-refractivity contribution in [1.29, 1.82) is 0 Å².